The number of hydrogen-bond donors (Lipinski definition) is 5. The van der Waals surface area contributed by atoms with Crippen LogP contribution in [-0.4, -0.2) is 160 Å². The molecule has 15 nitrogen and oxygen atoms in total. The summed E-state index contributed by atoms with van der Waals surface area (Å²) in [4.78, 5) is 59.1. The number of ether oxygens (including phenoxy) is 3. The summed E-state index contributed by atoms with van der Waals surface area (Å²) in [5.41, 5.74) is -0.412. The highest BCUT2D eigenvalue weighted by molar-refractivity contribution is 5.90. The van der Waals surface area contributed by atoms with Crippen LogP contribution in [0.15, 0.2) is 24.3 Å². The van der Waals surface area contributed by atoms with E-state index in [9.17, 15) is 34.5 Å². The molecule has 0 bridgehead atoms. The molecule has 6 rings (SSSR count). The van der Waals surface area contributed by atoms with Gasteiger partial charge in [0.1, 0.15) is 16.8 Å². The van der Waals surface area contributed by atoms with Crippen LogP contribution < -0.4 is 10.6 Å². The van der Waals surface area contributed by atoms with E-state index >= 15 is 0 Å². The maximum Gasteiger partial charge on any atom is 0.320 e. The molecule has 1 aromatic rings. The Balaban J connectivity index is 1.07. The first-order valence-corrected chi connectivity index (χ1v) is 27.5. The normalized spacial score (nSPS) is 31.9. The lowest BCUT2D eigenvalue weighted by Gasteiger charge is -2.63. The summed E-state index contributed by atoms with van der Waals surface area (Å²) in [6, 6.07) is 7.70. The van der Waals surface area contributed by atoms with Crippen molar-refractivity contribution < 1.29 is 48.7 Å². The smallest absolute Gasteiger partial charge is 0.320 e. The molecule has 8 unspecified atom stereocenters. The fourth-order valence-electron chi connectivity index (χ4n) is 13.8. The first-order valence-electron chi connectivity index (χ1n) is 27.5. The van der Waals surface area contributed by atoms with Gasteiger partial charge in [0, 0.05) is 64.0 Å². The zero-order chi connectivity index (χ0) is 53.0. The molecule has 1 aromatic carbocycles. The molecule has 1 saturated heterocycles. The molecule has 0 spiro atoms. The Morgan fingerprint density at radius 2 is 1.25 bits per heavy atom. The second-order valence-electron chi connectivity index (χ2n) is 26.2. The summed E-state index contributed by atoms with van der Waals surface area (Å²) >= 11 is 0. The predicted molar refractivity (Wildman–Crippen MR) is 280 cm³/mol. The number of carbonyl (C=O) groups excluding carboxylic acids is 4. The SMILES string of the molecule is CC(CCC(=O)Nc1ccc(CC(CN2CCN(CC(=O)OC(C)(C)C)CCN(CC(=O)OC(C)(C)C)CC2)NCC(=O)OC(C)(C)C)cc1)C1CCC2C3C(O)CC4C[C@H](O)CC[C@]4(C)C3C[C@H](O)[C@]12C. The van der Waals surface area contributed by atoms with E-state index < -0.39 is 29.0 Å². The molecule has 408 valence electrons. The number of aliphatic hydroxyl groups excluding tert-OH is 3. The Hall–Kier alpha value is -3.18. The number of rotatable bonds is 16. The molecule has 12 atom stereocenters. The van der Waals surface area contributed by atoms with Gasteiger partial charge in [-0.05, 0) is 184 Å². The third-order valence-electron chi connectivity index (χ3n) is 17.2. The molecule has 15 heteroatoms. The largest absolute Gasteiger partial charge is 0.459 e. The van der Waals surface area contributed by atoms with Crippen LogP contribution in [-0.2, 0) is 39.8 Å². The molecule has 0 radical (unpaired) electrons. The lowest BCUT2D eigenvalue weighted by Crippen LogP contribution is -2.62. The van der Waals surface area contributed by atoms with Crippen molar-refractivity contribution in [2.75, 3.05) is 70.8 Å². The van der Waals surface area contributed by atoms with Crippen LogP contribution in [0.1, 0.15) is 146 Å². The number of benzene rings is 1. The number of nitrogens with one attached hydrogen (secondary N) is 2. The quantitative estimate of drug-likeness (QED) is 0.0898. The summed E-state index contributed by atoms with van der Waals surface area (Å²) in [6.07, 6.45) is 6.39. The standard InChI is InChI=1S/C57H95N5O10/c1-37(43-18-19-44-52-45(32-47(65)57(43,44)12)56(11)22-21-42(63)30-39(56)31-46(52)64)13-20-48(66)59-40-16-14-38(15-17-40)29-41(58-33-49(67)70-53(2,3)4)34-60-23-25-61(35-50(68)71-54(5,6)7)27-28-62(26-24-60)36-51(69)72-55(8,9)10/h14-17,37,39,41-47,52,58,63-65H,13,18-36H2,1-12H3,(H,59,66)/t37?,39?,41?,42-,43?,44?,45?,46?,47+,52?,56+,57-/m1/s1. The third kappa shape index (κ3) is 15.7. The van der Waals surface area contributed by atoms with Crippen molar-refractivity contribution in [1.29, 1.82) is 0 Å². The number of esters is 3. The highest BCUT2D eigenvalue weighted by Crippen LogP contribution is 2.68. The van der Waals surface area contributed by atoms with Crippen LogP contribution >= 0.6 is 0 Å². The van der Waals surface area contributed by atoms with Gasteiger partial charge in [-0.2, -0.15) is 0 Å². The zero-order valence-corrected chi connectivity index (χ0v) is 46.3. The minimum atomic E-state index is -0.632. The highest BCUT2D eigenvalue weighted by Gasteiger charge is 2.65. The van der Waals surface area contributed by atoms with Crippen molar-refractivity contribution >= 4 is 29.5 Å². The minimum Gasteiger partial charge on any atom is -0.459 e. The maximum atomic E-state index is 13.5. The number of aliphatic hydroxyl groups is 3. The van der Waals surface area contributed by atoms with Crippen LogP contribution in [0.5, 0.6) is 0 Å². The van der Waals surface area contributed by atoms with E-state index in [1.807, 2.05) is 86.6 Å². The van der Waals surface area contributed by atoms with Crippen molar-refractivity contribution in [2.24, 2.45) is 46.3 Å². The van der Waals surface area contributed by atoms with Crippen LogP contribution in [0.3, 0.4) is 0 Å². The average Bonchev–Trinajstić information content (AvgIpc) is 3.65. The zero-order valence-electron chi connectivity index (χ0n) is 46.3. The molecule has 72 heavy (non-hydrogen) atoms. The van der Waals surface area contributed by atoms with Gasteiger partial charge in [0.05, 0.1) is 37.9 Å². The second-order valence-corrected chi connectivity index (χ2v) is 26.2. The van der Waals surface area contributed by atoms with Crippen molar-refractivity contribution in [1.82, 2.24) is 20.0 Å². The Labute approximate surface area is 432 Å². The number of hydrogen-bond acceptors (Lipinski definition) is 14. The first kappa shape index (κ1) is 58.1. The second kappa shape index (κ2) is 23.8. The summed E-state index contributed by atoms with van der Waals surface area (Å²) < 4.78 is 17.0. The average molecular weight is 1010 g/mol. The van der Waals surface area contributed by atoms with Gasteiger partial charge >= 0.3 is 17.9 Å². The van der Waals surface area contributed by atoms with Crippen molar-refractivity contribution in [3.63, 3.8) is 0 Å². The summed E-state index contributed by atoms with van der Waals surface area (Å²) in [7, 11) is 0. The van der Waals surface area contributed by atoms with Gasteiger partial charge in [-0.15, -0.1) is 0 Å². The lowest BCUT2D eigenvalue weighted by atomic mass is 9.43. The first-order chi connectivity index (χ1) is 33.5. The number of carbonyl (C=O) groups is 4. The minimum absolute atomic E-state index is 0.0200. The highest BCUT2D eigenvalue weighted by atomic mass is 16.6. The van der Waals surface area contributed by atoms with E-state index in [-0.39, 0.29) is 102 Å². The van der Waals surface area contributed by atoms with Gasteiger partial charge in [-0.3, -0.25) is 33.9 Å². The molecular weight excluding hydrogens is 915 g/mol. The summed E-state index contributed by atoms with van der Waals surface area (Å²) in [6.45, 7) is 28.0. The van der Waals surface area contributed by atoms with Crippen LogP contribution in [0.4, 0.5) is 5.69 Å². The van der Waals surface area contributed by atoms with Crippen molar-refractivity contribution in [3.05, 3.63) is 29.8 Å². The molecule has 1 heterocycles. The maximum absolute atomic E-state index is 13.5. The molecule has 0 aromatic heterocycles. The van der Waals surface area contributed by atoms with E-state index in [0.717, 1.165) is 44.1 Å². The van der Waals surface area contributed by atoms with Crippen LogP contribution in [0.2, 0.25) is 0 Å². The summed E-state index contributed by atoms with van der Waals surface area (Å²) in [5.74, 6) is 0.401. The fourth-order valence-corrected chi connectivity index (χ4v) is 13.8. The lowest BCUT2D eigenvalue weighted by molar-refractivity contribution is -0.207. The van der Waals surface area contributed by atoms with Crippen molar-refractivity contribution in [2.45, 2.75) is 188 Å². The van der Waals surface area contributed by atoms with E-state index in [1.165, 1.54) is 0 Å². The number of amides is 1. The van der Waals surface area contributed by atoms with Crippen LogP contribution in [0, 0.1) is 46.3 Å². The predicted octanol–water partition coefficient (Wildman–Crippen LogP) is 6.45. The number of anilines is 1. The van der Waals surface area contributed by atoms with E-state index in [1.54, 1.807) is 0 Å². The number of nitrogens with zero attached hydrogens (tertiary/aromatic N) is 3. The topological polar surface area (TPSA) is 190 Å². The third-order valence-corrected chi connectivity index (χ3v) is 17.2. The van der Waals surface area contributed by atoms with Gasteiger partial charge in [0.2, 0.25) is 5.91 Å². The Bertz CT molecular complexity index is 1940. The molecule has 5 aliphatic rings. The van der Waals surface area contributed by atoms with Gasteiger partial charge < -0.3 is 40.2 Å². The molecule has 4 saturated carbocycles. The fraction of sp³-hybridized carbons (Fsp3) is 0.825. The van der Waals surface area contributed by atoms with Gasteiger partial charge in [-0.25, -0.2) is 0 Å². The summed E-state index contributed by atoms with van der Waals surface area (Å²) in [5, 5.41) is 40.9. The van der Waals surface area contributed by atoms with Gasteiger partial charge in [0.25, 0.3) is 0 Å². The molecule has 5 fully saturated rings. The monoisotopic (exact) mass is 1010 g/mol. The Kier molecular flexibility index (Phi) is 19.2. The van der Waals surface area contributed by atoms with E-state index in [0.29, 0.717) is 77.2 Å². The molecule has 5 N–H and O–H groups in total. The van der Waals surface area contributed by atoms with E-state index in [4.69, 9.17) is 14.2 Å². The van der Waals surface area contributed by atoms with Gasteiger partial charge in [0.15, 0.2) is 0 Å². The van der Waals surface area contributed by atoms with Gasteiger partial charge in [-0.1, -0.05) is 32.9 Å². The Morgan fingerprint density at radius 1 is 0.708 bits per heavy atom. The Morgan fingerprint density at radius 3 is 1.81 bits per heavy atom. The molecular formula is C57H95N5O10. The molecule has 1 aliphatic heterocycles. The van der Waals surface area contributed by atoms with Crippen molar-refractivity contribution in [3.8, 4) is 0 Å². The number of fused-ring (bicyclic) bond motifs is 5. The molecule has 4 aliphatic carbocycles. The van der Waals surface area contributed by atoms with E-state index in [2.05, 4.69) is 46.1 Å². The van der Waals surface area contributed by atoms with Crippen LogP contribution in [0.25, 0.3) is 0 Å². The molecule has 1 amide bonds.